The fraction of sp³-hybridized carbons (Fsp3) is 0.458. The highest BCUT2D eigenvalue weighted by Gasteiger charge is 2.26. The molecule has 1 aliphatic heterocycles. The molecule has 0 saturated carbocycles. The molecule has 180 valence electrons. The van der Waals surface area contributed by atoms with Crippen LogP contribution in [0.4, 0.5) is 5.82 Å². The van der Waals surface area contributed by atoms with Crippen LogP contribution in [0.25, 0.3) is 11.0 Å². The second-order valence-electron chi connectivity index (χ2n) is 8.65. The number of piperazine rings is 1. The summed E-state index contributed by atoms with van der Waals surface area (Å²) in [6, 6.07) is 9.97. The first kappa shape index (κ1) is 23.6. The smallest absolute Gasteiger partial charge is 0.309 e. The Bertz CT molecular complexity index is 1130. The quantitative estimate of drug-likeness (QED) is 0.460. The van der Waals surface area contributed by atoms with Gasteiger partial charge in [-0.2, -0.15) is 5.10 Å². The Hall–Kier alpha value is -3.53. The van der Waals surface area contributed by atoms with Gasteiger partial charge in [-0.05, 0) is 5.56 Å². The second kappa shape index (κ2) is 10.6. The number of ether oxygens (including phenoxy) is 1. The van der Waals surface area contributed by atoms with Gasteiger partial charge in [-0.25, -0.2) is 9.97 Å². The maximum absolute atomic E-state index is 13.2. The number of aryl methyl sites for hydroxylation is 1. The fourth-order valence-electron chi connectivity index (χ4n) is 4.35. The number of carbonyl (C=O) groups excluding carboxylic acids is 2. The lowest BCUT2D eigenvalue weighted by molar-refractivity contribution is -0.146. The molecule has 1 saturated heterocycles. The van der Waals surface area contributed by atoms with Gasteiger partial charge in [0.05, 0.1) is 31.2 Å². The number of methoxy groups -OCH3 is 1. The molecule has 3 heterocycles. The van der Waals surface area contributed by atoms with E-state index in [1.165, 1.54) is 7.11 Å². The van der Waals surface area contributed by atoms with Gasteiger partial charge in [-0.15, -0.1) is 0 Å². The van der Waals surface area contributed by atoms with Crippen molar-refractivity contribution in [2.45, 2.75) is 13.5 Å². The lowest BCUT2D eigenvalue weighted by atomic mass is 10.1. The van der Waals surface area contributed by atoms with Crippen molar-refractivity contribution in [1.29, 1.82) is 0 Å². The SMILES string of the molecule is COC(=O)C(C)CN(CC(=O)N1CCN(c2ncnc3c2cnn3C)CC1)Cc1ccccc1. The van der Waals surface area contributed by atoms with Crippen molar-refractivity contribution in [3.63, 3.8) is 0 Å². The minimum atomic E-state index is -0.321. The third-order valence-corrected chi connectivity index (χ3v) is 6.18. The Kier molecular flexibility index (Phi) is 7.36. The van der Waals surface area contributed by atoms with Gasteiger partial charge < -0.3 is 14.5 Å². The summed E-state index contributed by atoms with van der Waals surface area (Å²) in [5.41, 5.74) is 1.89. The zero-order chi connectivity index (χ0) is 24.1. The molecule has 3 aromatic rings. The fourth-order valence-corrected chi connectivity index (χ4v) is 4.35. The average molecular weight is 466 g/mol. The van der Waals surface area contributed by atoms with Crippen LogP contribution in [-0.2, 0) is 27.9 Å². The van der Waals surface area contributed by atoms with Crippen molar-refractivity contribution >= 4 is 28.7 Å². The highest BCUT2D eigenvalue weighted by Crippen LogP contribution is 2.23. The van der Waals surface area contributed by atoms with Crippen LogP contribution in [0.15, 0.2) is 42.9 Å². The normalized spacial score (nSPS) is 15.1. The Morgan fingerprint density at radius 2 is 1.85 bits per heavy atom. The molecule has 0 spiro atoms. The second-order valence-corrected chi connectivity index (χ2v) is 8.65. The number of anilines is 1. The number of fused-ring (bicyclic) bond motifs is 1. The van der Waals surface area contributed by atoms with Gasteiger partial charge in [0.2, 0.25) is 5.91 Å². The van der Waals surface area contributed by atoms with Crippen molar-refractivity contribution in [1.82, 2.24) is 29.5 Å². The molecule has 4 rings (SSSR count). The van der Waals surface area contributed by atoms with Crippen LogP contribution < -0.4 is 4.90 Å². The summed E-state index contributed by atoms with van der Waals surface area (Å²) in [7, 11) is 3.25. The average Bonchev–Trinajstić information content (AvgIpc) is 3.25. The van der Waals surface area contributed by atoms with Crippen LogP contribution in [0, 0.1) is 5.92 Å². The predicted molar refractivity (Wildman–Crippen MR) is 128 cm³/mol. The van der Waals surface area contributed by atoms with E-state index >= 15 is 0 Å². The number of rotatable bonds is 8. The van der Waals surface area contributed by atoms with Crippen molar-refractivity contribution in [3.8, 4) is 0 Å². The third kappa shape index (κ3) is 5.33. The first-order valence-electron chi connectivity index (χ1n) is 11.5. The van der Waals surface area contributed by atoms with E-state index in [-0.39, 0.29) is 24.3 Å². The third-order valence-electron chi connectivity index (χ3n) is 6.18. The highest BCUT2D eigenvalue weighted by atomic mass is 16.5. The molecule has 1 atom stereocenters. The number of hydrogen-bond donors (Lipinski definition) is 0. The Labute approximate surface area is 199 Å². The van der Waals surface area contributed by atoms with Crippen molar-refractivity contribution in [2.75, 3.05) is 51.3 Å². The van der Waals surface area contributed by atoms with Gasteiger partial charge in [0.25, 0.3) is 0 Å². The molecule has 1 fully saturated rings. The molecule has 1 aliphatic rings. The number of aromatic nitrogens is 4. The molecular formula is C24H31N7O3. The van der Waals surface area contributed by atoms with Crippen molar-refractivity contribution < 1.29 is 14.3 Å². The lowest BCUT2D eigenvalue weighted by Crippen LogP contribution is -2.51. The van der Waals surface area contributed by atoms with Crippen LogP contribution in [0.3, 0.4) is 0 Å². The molecule has 1 aromatic carbocycles. The number of esters is 1. The molecule has 0 N–H and O–H groups in total. The van der Waals surface area contributed by atoms with Gasteiger partial charge in [-0.3, -0.25) is 19.2 Å². The van der Waals surface area contributed by atoms with E-state index in [4.69, 9.17) is 4.74 Å². The summed E-state index contributed by atoms with van der Waals surface area (Å²) >= 11 is 0. The molecule has 1 amide bonds. The van der Waals surface area contributed by atoms with Crippen LogP contribution >= 0.6 is 0 Å². The standard InChI is InChI=1S/C24H31N7O3/c1-18(24(33)34-3)14-29(15-19-7-5-4-6-8-19)16-21(32)30-9-11-31(12-10-30)23-20-13-27-28(2)22(20)25-17-26-23/h4-8,13,17-18H,9-12,14-16H2,1-3H3. The van der Waals surface area contributed by atoms with Crippen LogP contribution in [0.1, 0.15) is 12.5 Å². The molecule has 10 nitrogen and oxygen atoms in total. The first-order chi connectivity index (χ1) is 16.5. The van der Waals surface area contributed by atoms with E-state index in [0.717, 1.165) is 22.4 Å². The summed E-state index contributed by atoms with van der Waals surface area (Å²) in [5.74, 6) is 0.313. The number of hydrogen-bond acceptors (Lipinski definition) is 8. The minimum absolute atomic E-state index is 0.0573. The molecule has 0 bridgehead atoms. The van der Waals surface area contributed by atoms with Gasteiger partial charge in [-0.1, -0.05) is 37.3 Å². The Balaban J connectivity index is 1.39. The molecule has 0 radical (unpaired) electrons. The Morgan fingerprint density at radius 3 is 2.56 bits per heavy atom. The maximum Gasteiger partial charge on any atom is 0.309 e. The maximum atomic E-state index is 13.2. The highest BCUT2D eigenvalue weighted by molar-refractivity contribution is 5.87. The van der Waals surface area contributed by atoms with Crippen LogP contribution in [0.5, 0.6) is 0 Å². The van der Waals surface area contributed by atoms with E-state index in [0.29, 0.717) is 39.3 Å². The number of amides is 1. The topological polar surface area (TPSA) is 96.7 Å². The van der Waals surface area contributed by atoms with E-state index in [2.05, 4.69) is 20.0 Å². The minimum Gasteiger partial charge on any atom is -0.469 e. The monoisotopic (exact) mass is 465 g/mol. The van der Waals surface area contributed by atoms with Crippen molar-refractivity contribution in [3.05, 3.63) is 48.4 Å². The van der Waals surface area contributed by atoms with Gasteiger partial charge in [0.15, 0.2) is 5.65 Å². The zero-order valence-corrected chi connectivity index (χ0v) is 19.9. The van der Waals surface area contributed by atoms with Crippen LogP contribution in [0.2, 0.25) is 0 Å². The van der Waals surface area contributed by atoms with E-state index in [1.54, 1.807) is 17.2 Å². The van der Waals surface area contributed by atoms with E-state index in [9.17, 15) is 9.59 Å². The molecule has 0 aliphatic carbocycles. The first-order valence-corrected chi connectivity index (χ1v) is 11.5. The largest absolute Gasteiger partial charge is 0.469 e. The summed E-state index contributed by atoms with van der Waals surface area (Å²) < 4.78 is 6.62. The number of benzene rings is 1. The molecule has 10 heteroatoms. The van der Waals surface area contributed by atoms with Crippen LogP contribution in [-0.4, -0.2) is 87.8 Å². The molecule has 2 aromatic heterocycles. The Morgan fingerprint density at radius 1 is 1.12 bits per heavy atom. The van der Waals surface area contributed by atoms with Gasteiger partial charge in [0.1, 0.15) is 12.1 Å². The summed E-state index contributed by atoms with van der Waals surface area (Å²) in [6.45, 7) is 5.70. The lowest BCUT2D eigenvalue weighted by Gasteiger charge is -2.36. The molecule has 1 unspecified atom stereocenters. The van der Waals surface area contributed by atoms with Gasteiger partial charge in [0, 0.05) is 46.3 Å². The zero-order valence-electron chi connectivity index (χ0n) is 19.9. The van der Waals surface area contributed by atoms with Crippen molar-refractivity contribution in [2.24, 2.45) is 13.0 Å². The summed E-state index contributed by atoms with van der Waals surface area (Å²) in [4.78, 5) is 40.0. The predicted octanol–water partition coefficient (Wildman–Crippen LogP) is 1.32. The summed E-state index contributed by atoms with van der Waals surface area (Å²) in [5, 5.41) is 5.20. The van der Waals surface area contributed by atoms with E-state index in [1.807, 2.05) is 54.1 Å². The van der Waals surface area contributed by atoms with Gasteiger partial charge >= 0.3 is 5.97 Å². The number of nitrogens with zero attached hydrogens (tertiary/aromatic N) is 7. The summed E-state index contributed by atoms with van der Waals surface area (Å²) in [6.07, 6.45) is 3.34. The number of carbonyl (C=O) groups is 2. The molecular weight excluding hydrogens is 434 g/mol. The van der Waals surface area contributed by atoms with E-state index < -0.39 is 0 Å². The molecule has 34 heavy (non-hydrogen) atoms.